The zero-order chi connectivity index (χ0) is 32.2. The molecule has 5 aromatic rings. The molecule has 4 aromatic carbocycles. The standard InChI is InChI=1S/C35H31Cl3N4O3S/c36-25-6-1-21(2-7-25)33(22-3-8-26(37)9-4-22)24-5-14-32-30(19-24)34(42(40-32)27-10-11-27)23-15-17-41(18-16-23)46(44,45)28-12-13-31(38)29(20-28)35(39)43/h1-9,12-14,19-20,23,27,33H,10-11,15-18H2,(H2,39,43). The molecule has 11 heteroatoms. The third-order valence-corrected chi connectivity index (χ3v) is 11.8. The highest BCUT2D eigenvalue weighted by molar-refractivity contribution is 7.89. The molecule has 0 spiro atoms. The van der Waals surface area contributed by atoms with E-state index < -0.39 is 15.9 Å². The lowest BCUT2D eigenvalue weighted by Gasteiger charge is -2.32. The predicted octanol–water partition coefficient (Wildman–Crippen LogP) is 8.18. The zero-order valence-corrected chi connectivity index (χ0v) is 27.8. The number of primary amides is 1. The number of halogens is 3. The van der Waals surface area contributed by atoms with E-state index in [1.54, 1.807) is 0 Å². The van der Waals surface area contributed by atoms with Crippen LogP contribution in [0.25, 0.3) is 10.9 Å². The number of hydrogen-bond donors (Lipinski definition) is 1. The first-order valence-corrected chi connectivity index (χ1v) is 17.8. The Labute approximate surface area is 282 Å². The smallest absolute Gasteiger partial charge is 0.250 e. The Morgan fingerprint density at radius 1 is 0.783 bits per heavy atom. The summed E-state index contributed by atoms with van der Waals surface area (Å²) < 4.78 is 30.9. The minimum absolute atomic E-state index is 0.0104. The number of rotatable bonds is 8. The van der Waals surface area contributed by atoms with Crippen molar-refractivity contribution in [1.29, 1.82) is 0 Å². The molecule has 2 aliphatic rings. The Kier molecular flexibility index (Phi) is 8.36. The summed E-state index contributed by atoms with van der Waals surface area (Å²) in [7, 11) is -3.84. The Morgan fingerprint density at radius 2 is 1.37 bits per heavy atom. The van der Waals surface area contributed by atoms with Crippen LogP contribution in [0.5, 0.6) is 0 Å². The van der Waals surface area contributed by atoms with Crippen molar-refractivity contribution in [2.24, 2.45) is 5.73 Å². The van der Waals surface area contributed by atoms with Crippen LogP contribution in [0.1, 0.15) is 76.3 Å². The van der Waals surface area contributed by atoms with Crippen LogP contribution in [-0.2, 0) is 10.0 Å². The number of hydrogen-bond acceptors (Lipinski definition) is 4. The van der Waals surface area contributed by atoms with Crippen molar-refractivity contribution < 1.29 is 13.2 Å². The maximum Gasteiger partial charge on any atom is 0.250 e. The molecule has 236 valence electrons. The summed E-state index contributed by atoms with van der Waals surface area (Å²) in [6, 6.07) is 26.8. The van der Waals surface area contributed by atoms with Crippen LogP contribution in [0.3, 0.4) is 0 Å². The number of carbonyl (C=O) groups excluding carboxylic acids is 1. The van der Waals surface area contributed by atoms with Gasteiger partial charge in [-0.25, -0.2) is 8.42 Å². The molecular weight excluding hydrogens is 663 g/mol. The molecule has 7 rings (SSSR count). The largest absolute Gasteiger partial charge is 0.366 e. The normalized spacial score (nSPS) is 16.3. The number of carbonyl (C=O) groups is 1. The molecule has 1 aromatic heterocycles. The van der Waals surface area contributed by atoms with Gasteiger partial charge < -0.3 is 5.73 Å². The predicted molar refractivity (Wildman–Crippen MR) is 183 cm³/mol. The first-order chi connectivity index (χ1) is 22.1. The van der Waals surface area contributed by atoms with Crippen LogP contribution >= 0.6 is 34.8 Å². The fraction of sp³-hybridized carbons (Fsp3) is 0.257. The van der Waals surface area contributed by atoms with Gasteiger partial charge in [-0.1, -0.05) is 65.1 Å². The van der Waals surface area contributed by atoms with Crippen LogP contribution in [0.15, 0.2) is 89.8 Å². The minimum atomic E-state index is -3.84. The Bertz CT molecular complexity index is 2010. The molecule has 0 radical (unpaired) electrons. The number of piperidine rings is 1. The monoisotopic (exact) mass is 692 g/mol. The molecule has 2 N–H and O–H groups in total. The third kappa shape index (κ3) is 5.93. The molecule has 1 saturated carbocycles. The molecule has 2 heterocycles. The average Bonchev–Trinajstić information content (AvgIpc) is 3.83. The van der Waals surface area contributed by atoms with Crippen molar-refractivity contribution >= 4 is 61.6 Å². The molecule has 0 unspecified atom stereocenters. The molecule has 1 aliphatic carbocycles. The SMILES string of the molecule is NC(=O)c1cc(S(=O)(=O)N2CCC(c3c4cc(C(c5ccc(Cl)cc5)c5ccc(Cl)cc5)ccc4nn3C3CC3)CC2)ccc1Cl. The van der Waals surface area contributed by atoms with Gasteiger partial charge >= 0.3 is 0 Å². The van der Waals surface area contributed by atoms with Gasteiger partial charge in [-0.15, -0.1) is 0 Å². The van der Waals surface area contributed by atoms with Gasteiger partial charge in [0.25, 0.3) is 0 Å². The number of sulfonamides is 1. The second-order valence-electron chi connectivity index (χ2n) is 12.1. The number of amides is 1. The van der Waals surface area contributed by atoms with Crippen LogP contribution in [0.4, 0.5) is 0 Å². The van der Waals surface area contributed by atoms with Gasteiger partial charge in [0.2, 0.25) is 15.9 Å². The highest BCUT2D eigenvalue weighted by atomic mass is 35.5. The van der Waals surface area contributed by atoms with E-state index in [1.807, 2.05) is 24.3 Å². The number of nitrogens with two attached hydrogens (primary N) is 1. The van der Waals surface area contributed by atoms with Crippen molar-refractivity contribution in [1.82, 2.24) is 14.1 Å². The van der Waals surface area contributed by atoms with Crippen molar-refractivity contribution in [3.8, 4) is 0 Å². The Morgan fingerprint density at radius 3 is 1.93 bits per heavy atom. The molecule has 1 aliphatic heterocycles. The Balaban J connectivity index is 1.23. The van der Waals surface area contributed by atoms with Crippen molar-refractivity contribution in [2.45, 2.75) is 48.5 Å². The number of aromatic nitrogens is 2. The number of nitrogens with zero attached hydrogens (tertiary/aromatic N) is 3. The summed E-state index contributed by atoms with van der Waals surface area (Å²) in [5.74, 6) is -0.689. The van der Waals surface area contributed by atoms with E-state index in [4.69, 9.17) is 45.6 Å². The Hall–Kier alpha value is -3.40. The fourth-order valence-corrected chi connectivity index (χ4v) is 8.54. The van der Waals surface area contributed by atoms with E-state index >= 15 is 0 Å². The topological polar surface area (TPSA) is 98.3 Å². The van der Waals surface area contributed by atoms with Gasteiger partial charge in [-0.2, -0.15) is 9.40 Å². The molecular formula is C35H31Cl3N4O3S. The lowest BCUT2D eigenvalue weighted by atomic mass is 9.84. The lowest BCUT2D eigenvalue weighted by Crippen LogP contribution is -2.38. The summed E-state index contributed by atoms with van der Waals surface area (Å²) in [6.45, 7) is 0.688. The summed E-state index contributed by atoms with van der Waals surface area (Å²) in [5.41, 5.74) is 10.9. The van der Waals surface area contributed by atoms with Crippen molar-refractivity contribution in [3.05, 3.63) is 128 Å². The molecule has 0 atom stereocenters. The molecule has 7 nitrogen and oxygen atoms in total. The lowest BCUT2D eigenvalue weighted by molar-refractivity contribution is 0.1000. The molecule has 46 heavy (non-hydrogen) atoms. The average molecular weight is 694 g/mol. The van der Waals surface area contributed by atoms with Gasteiger partial charge in [0.05, 0.1) is 27.0 Å². The van der Waals surface area contributed by atoms with Crippen LogP contribution < -0.4 is 5.73 Å². The van der Waals surface area contributed by atoms with Gasteiger partial charge in [-0.3, -0.25) is 9.48 Å². The van der Waals surface area contributed by atoms with E-state index in [0.717, 1.165) is 40.4 Å². The third-order valence-electron chi connectivity index (χ3n) is 9.07. The van der Waals surface area contributed by atoms with Crippen molar-refractivity contribution in [2.75, 3.05) is 13.1 Å². The summed E-state index contributed by atoms with van der Waals surface area (Å²) in [4.78, 5) is 11.8. The first kappa shape index (κ1) is 31.2. The second-order valence-corrected chi connectivity index (χ2v) is 15.3. The molecule has 1 amide bonds. The number of fused-ring (bicyclic) bond motifs is 1. The van der Waals surface area contributed by atoms with Gasteiger partial charge in [0.1, 0.15) is 0 Å². The fourth-order valence-electron chi connectivity index (χ4n) is 6.58. The van der Waals surface area contributed by atoms with E-state index in [2.05, 4.69) is 47.1 Å². The summed E-state index contributed by atoms with van der Waals surface area (Å²) in [5, 5.41) is 7.65. The highest BCUT2D eigenvalue weighted by Gasteiger charge is 2.36. The van der Waals surface area contributed by atoms with Gasteiger partial charge in [0, 0.05) is 46.1 Å². The van der Waals surface area contributed by atoms with Crippen LogP contribution in [-0.4, -0.2) is 41.5 Å². The maximum absolute atomic E-state index is 13.6. The highest BCUT2D eigenvalue weighted by Crippen LogP contribution is 2.44. The van der Waals surface area contributed by atoms with Gasteiger partial charge in [0.15, 0.2) is 0 Å². The first-order valence-electron chi connectivity index (χ1n) is 15.2. The number of benzene rings is 4. The van der Waals surface area contributed by atoms with Gasteiger partial charge in [-0.05, 0) is 97.0 Å². The minimum Gasteiger partial charge on any atom is -0.366 e. The summed E-state index contributed by atoms with van der Waals surface area (Å²) >= 11 is 18.6. The van der Waals surface area contributed by atoms with Crippen molar-refractivity contribution in [3.63, 3.8) is 0 Å². The van der Waals surface area contributed by atoms with E-state index in [1.165, 1.54) is 28.2 Å². The van der Waals surface area contributed by atoms with E-state index in [9.17, 15) is 13.2 Å². The zero-order valence-electron chi connectivity index (χ0n) is 24.7. The second kappa shape index (κ2) is 12.3. The van der Waals surface area contributed by atoms with E-state index in [-0.39, 0.29) is 27.3 Å². The quantitative estimate of drug-likeness (QED) is 0.166. The maximum atomic E-state index is 13.6. The molecule has 1 saturated heterocycles. The van der Waals surface area contributed by atoms with E-state index in [0.29, 0.717) is 42.0 Å². The van der Waals surface area contributed by atoms with Crippen LogP contribution in [0.2, 0.25) is 15.1 Å². The molecule has 2 fully saturated rings. The molecule has 0 bridgehead atoms. The van der Waals surface area contributed by atoms with Crippen LogP contribution in [0, 0.1) is 0 Å². The summed E-state index contributed by atoms with van der Waals surface area (Å²) in [6.07, 6.45) is 3.45.